The van der Waals surface area contributed by atoms with Crippen LogP contribution in [-0.4, -0.2) is 23.0 Å². The lowest BCUT2D eigenvalue weighted by Crippen LogP contribution is -2.08. The van der Waals surface area contributed by atoms with Crippen molar-refractivity contribution in [2.45, 2.75) is 23.3 Å². The van der Waals surface area contributed by atoms with Crippen LogP contribution in [-0.2, 0) is 16.4 Å². The molecule has 3 heterocycles. The minimum atomic E-state index is -3.89. The third-order valence-electron chi connectivity index (χ3n) is 5.01. The van der Waals surface area contributed by atoms with E-state index in [0.717, 1.165) is 10.4 Å². The van der Waals surface area contributed by atoms with Crippen LogP contribution in [0.1, 0.15) is 10.4 Å². The number of sulfone groups is 1. The third kappa shape index (κ3) is 2.96. The zero-order valence-corrected chi connectivity index (χ0v) is 17.7. The minimum absolute atomic E-state index is 0.0120. The predicted octanol–water partition coefficient (Wildman–Crippen LogP) is 4.42. The monoisotopic (exact) mass is 434 g/mol. The van der Waals surface area contributed by atoms with Gasteiger partial charge in [-0.1, -0.05) is 30.3 Å². The molecule has 0 aliphatic rings. The van der Waals surface area contributed by atoms with E-state index in [1.54, 1.807) is 34.1 Å². The number of rotatable bonds is 4. The molecule has 0 atom stereocenters. The maximum atomic E-state index is 13.6. The summed E-state index contributed by atoms with van der Waals surface area (Å²) in [6.45, 7) is 2.28. The molecule has 0 fully saturated rings. The molecule has 150 valence electrons. The number of aromatic nitrogens is 3. The highest BCUT2D eigenvalue weighted by Crippen LogP contribution is 2.36. The van der Waals surface area contributed by atoms with E-state index < -0.39 is 9.84 Å². The van der Waals surface area contributed by atoms with E-state index in [1.807, 2.05) is 54.8 Å². The third-order valence-corrected chi connectivity index (χ3v) is 7.68. The summed E-state index contributed by atoms with van der Waals surface area (Å²) in [7, 11) is -3.89. The van der Waals surface area contributed by atoms with Gasteiger partial charge >= 0.3 is 0 Å². The molecule has 5 aromatic rings. The van der Waals surface area contributed by atoms with E-state index in [1.165, 1.54) is 0 Å². The second-order valence-electron chi connectivity index (χ2n) is 7.08. The first-order valence-corrected chi connectivity index (χ1v) is 11.7. The van der Waals surface area contributed by atoms with Gasteiger partial charge in [-0.15, -0.1) is 11.3 Å². The highest BCUT2D eigenvalue weighted by Gasteiger charge is 2.30. The van der Waals surface area contributed by atoms with Crippen LogP contribution in [0.3, 0.4) is 0 Å². The van der Waals surface area contributed by atoms with Crippen LogP contribution < -0.4 is 5.73 Å². The number of fused-ring (bicyclic) bond motifs is 2. The second kappa shape index (κ2) is 6.93. The highest BCUT2D eigenvalue weighted by atomic mass is 32.2. The Morgan fingerprint density at radius 1 is 1.00 bits per heavy atom. The molecule has 2 aromatic carbocycles. The maximum Gasteiger partial charge on any atom is 0.212 e. The van der Waals surface area contributed by atoms with E-state index in [0.29, 0.717) is 28.7 Å². The first-order valence-electron chi connectivity index (χ1n) is 9.34. The Kier molecular flexibility index (Phi) is 4.34. The van der Waals surface area contributed by atoms with Crippen molar-refractivity contribution in [1.29, 1.82) is 0 Å². The van der Waals surface area contributed by atoms with E-state index in [-0.39, 0.29) is 15.6 Å². The Balaban J connectivity index is 1.85. The molecule has 2 N–H and O–H groups in total. The van der Waals surface area contributed by atoms with Gasteiger partial charge in [-0.2, -0.15) is 0 Å². The summed E-state index contributed by atoms with van der Waals surface area (Å²) in [5, 5.41) is 1.97. The number of hydrogen-bond donors (Lipinski definition) is 1. The fraction of sp³-hybridized carbons (Fsp3) is 0.0909. The number of nitrogens with zero attached hydrogens (tertiary/aromatic N) is 3. The largest absolute Gasteiger partial charge is 0.384 e. The highest BCUT2D eigenvalue weighted by molar-refractivity contribution is 7.92. The molecular weight excluding hydrogens is 416 g/mol. The quantitative estimate of drug-likeness (QED) is 0.452. The van der Waals surface area contributed by atoms with Gasteiger partial charge < -0.3 is 10.3 Å². The predicted molar refractivity (Wildman–Crippen MR) is 119 cm³/mol. The van der Waals surface area contributed by atoms with Gasteiger partial charge in [0.15, 0.2) is 5.65 Å². The Hall–Kier alpha value is -3.23. The number of para-hydroxylation sites is 2. The number of anilines is 1. The summed E-state index contributed by atoms with van der Waals surface area (Å²) in [5.41, 5.74) is 9.39. The van der Waals surface area contributed by atoms with Crippen molar-refractivity contribution in [3.05, 3.63) is 76.5 Å². The summed E-state index contributed by atoms with van der Waals surface area (Å²) >= 11 is 1.58. The lowest BCUT2D eigenvalue weighted by atomic mass is 10.2. The summed E-state index contributed by atoms with van der Waals surface area (Å²) in [5.74, 6) is 0.148. The van der Waals surface area contributed by atoms with Gasteiger partial charge in [-0.25, -0.2) is 18.4 Å². The number of nitrogen functional groups attached to an aromatic ring is 1. The molecule has 0 aliphatic carbocycles. The van der Waals surface area contributed by atoms with E-state index in [9.17, 15) is 8.42 Å². The average Bonchev–Trinajstić information content (AvgIpc) is 3.33. The zero-order valence-electron chi connectivity index (χ0n) is 16.1. The van der Waals surface area contributed by atoms with Gasteiger partial charge in [-0.3, -0.25) is 0 Å². The fourth-order valence-electron chi connectivity index (χ4n) is 3.57. The number of hydrogen-bond acceptors (Lipinski definition) is 6. The molecule has 0 radical (unpaired) electrons. The Labute approximate surface area is 177 Å². The summed E-state index contributed by atoms with van der Waals surface area (Å²) in [6, 6.07) is 18.1. The zero-order chi connectivity index (χ0) is 20.9. The van der Waals surface area contributed by atoms with E-state index in [2.05, 4.69) is 4.98 Å². The van der Waals surface area contributed by atoms with Crippen LogP contribution in [0.5, 0.6) is 0 Å². The lowest BCUT2D eigenvalue weighted by Gasteiger charge is -2.07. The van der Waals surface area contributed by atoms with Crippen LogP contribution in [0.15, 0.2) is 75.8 Å². The van der Waals surface area contributed by atoms with Crippen LogP contribution in [0.4, 0.5) is 5.82 Å². The fourth-order valence-corrected chi connectivity index (χ4v) is 5.88. The Morgan fingerprint density at radius 2 is 1.77 bits per heavy atom. The molecule has 5 rings (SSSR count). The van der Waals surface area contributed by atoms with Gasteiger partial charge in [-0.05, 0) is 48.2 Å². The van der Waals surface area contributed by atoms with Gasteiger partial charge in [0.25, 0.3) is 0 Å². The molecule has 0 spiro atoms. The molecule has 8 heteroatoms. The summed E-state index contributed by atoms with van der Waals surface area (Å²) in [4.78, 5) is 10.6. The standard InChI is InChI=1S/C22H18N4O2S2/c1-14-6-4-8-16(12-14)30(27,28)20-19-22(25-18-10-3-2-9-17(18)24-19)26(21(20)23)13-15-7-5-11-29-15/h2-12H,13,23H2,1H3. The average molecular weight is 435 g/mol. The SMILES string of the molecule is Cc1cccc(S(=O)(=O)c2c(N)n(Cc3cccs3)c3nc4ccccc4nc23)c1. The first kappa shape index (κ1) is 18.8. The van der Waals surface area contributed by atoms with Crippen LogP contribution >= 0.6 is 11.3 Å². The second-order valence-corrected chi connectivity index (χ2v) is 10.0. The first-order chi connectivity index (χ1) is 14.4. The molecule has 0 unspecified atom stereocenters. The number of aryl methyl sites for hydroxylation is 1. The van der Waals surface area contributed by atoms with E-state index in [4.69, 9.17) is 10.7 Å². The molecule has 0 bridgehead atoms. The van der Waals surface area contributed by atoms with E-state index >= 15 is 0 Å². The van der Waals surface area contributed by atoms with Crippen molar-refractivity contribution >= 4 is 49.2 Å². The number of benzene rings is 2. The minimum Gasteiger partial charge on any atom is -0.384 e. The van der Waals surface area contributed by atoms with Crippen molar-refractivity contribution in [3.8, 4) is 0 Å². The van der Waals surface area contributed by atoms with Gasteiger partial charge in [0, 0.05) is 4.88 Å². The topological polar surface area (TPSA) is 90.9 Å². The van der Waals surface area contributed by atoms with Crippen molar-refractivity contribution in [3.63, 3.8) is 0 Å². The normalized spacial score (nSPS) is 12.0. The molecule has 0 saturated carbocycles. The van der Waals surface area contributed by atoms with Gasteiger partial charge in [0.05, 0.1) is 22.5 Å². The Bertz CT molecular complexity index is 1500. The Morgan fingerprint density at radius 3 is 2.47 bits per heavy atom. The van der Waals surface area contributed by atoms with Crippen molar-refractivity contribution < 1.29 is 8.42 Å². The van der Waals surface area contributed by atoms with Crippen LogP contribution in [0, 0.1) is 6.92 Å². The summed E-state index contributed by atoms with van der Waals surface area (Å²) in [6.07, 6.45) is 0. The number of nitrogens with two attached hydrogens (primary N) is 1. The van der Waals surface area contributed by atoms with Crippen LogP contribution in [0.2, 0.25) is 0 Å². The van der Waals surface area contributed by atoms with Gasteiger partial charge in [0.2, 0.25) is 9.84 Å². The molecule has 3 aromatic heterocycles. The smallest absolute Gasteiger partial charge is 0.212 e. The lowest BCUT2D eigenvalue weighted by molar-refractivity contribution is 0.596. The van der Waals surface area contributed by atoms with Crippen LogP contribution in [0.25, 0.3) is 22.2 Å². The van der Waals surface area contributed by atoms with Gasteiger partial charge in [0.1, 0.15) is 16.2 Å². The summed E-state index contributed by atoms with van der Waals surface area (Å²) < 4.78 is 29.0. The molecule has 0 aliphatic heterocycles. The molecule has 0 saturated heterocycles. The molecular formula is C22H18N4O2S2. The van der Waals surface area contributed by atoms with Crippen molar-refractivity contribution in [2.75, 3.05) is 5.73 Å². The van der Waals surface area contributed by atoms with Crippen molar-refractivity contribution in [2.24, 2.45) is 0 Å². The maximum absolute atomic E-state index is 13.6. The van der Waals surface area contributed by atoms with Crippen molar-refractivity contribution in [1.82, 2.24) is 14.5 Å². The molecule has 6 nitrogen and oxygen atoms in total. The molecule has 30 heavy (non-hydrogen) atoms. The number of thiophene rings is 1. The molecule has 0 amide bonds.